The second-order valence-corrected chi connectivity index (χ2v) is 6.29. The summed E-state index contributed by atoms with van der Waals surface area (Å²) in [5.74, 6) is -0.911. The third-order valence-electron chi connectivity index (χ3n) is 2.88. The molecule has 23 heavy (non-hydrogen) atoms. The monoisotopic (exact) mass is 341 g/mol. The highest BCUT2D eigenvalue weighted by Crippen LogP contribution is 2.21. The van der Waals surface area contributed by atoms with Crippen molar-refractivity contribution in [2.24, 2.45) is 0 Å². The molecule has 2 rings (SSSR count). The SMILES string of the molecule is O=C(CC(F)(F)F)Nc1cccc(CS(=O)c2ccccc2)c1. The summed E-state index contributed by atoms with van der Waals surface area (Å²) in [6.45, 7) is 0. The minimum Gasteiger partial charge on any atom is -0.326 e. The van der Waals surface area contributed by atoms with Crippen LogP contribution >= 0.6 is 0 Å². The van der Waals surface area contributed by atoms with Crippen molar-refractivity contribution < 1.29 is 22.2 Å². The van der Waals surface area contributed by atoms with E-state index in [9.17, 15) is 22.2 Å². The molecule has 1 N–H and O–H groups in total. The van der Waals surface area contributed by atoms with Crippen molar-refractivity contribution in [2.75, 3.05) is 5.32 Å². The zero-order valence-electron chi connectivity index (χ0n) is 12.0. The molecule has 0 saturated carbocycles. The van der Waals surface area contributed by atoms with Crippen LogP contribution in [0.25, 0.3) is 0 Å². The van der Waals surface area contributed by atoms with Gasteiger partial charge in [-0.05, 0) is 29.8 Å². The minimum atomic E-state index is -4.55. The molecule has 1 atom stereocenters. The molecule has 0 radical (unpaired) electrons. The predicted octanol–water partition coefficient (Wildman–Crippen LogP) is 3.89. The van der Waals surface area contributed by atoms with E-state index < -0.39 is 29.3 Å². The molecule has 122 valence electrons. The summed E-state index contributed by atoms with van der Waals surface area (Å²) >= 11 is 0. The maximum absolute atomic E-state index is 12.2. The average Bonchev–Trinajstić information content (AvgIpc) is 2.46. The Morgan fingerprint density at radius 2 is 1.74 bits per heavy atom. The van der Waals surface area contributed by atoms with E-state index in [2.05, 4.69) is 5.32 Å². The molecule has 0 aromatic heterocycles. The first-order chi connectivity index (χ1) is 10.8. The molecule has 2 aromatic carbocycles. The van der Waals surface area contributed by atoms with Gasteiger partial charge in [0.25, 0.3) is 0 Å². The van der Waals surface area contributed by atoms with Crippen molar-refractivity contribution in [1.29, 1.82) is 0 Å². The number of hydrogen-bond acceptors (Lipinski definition) is 2. The molecule has 0 aliphatic heterocycles. The van der Waals surface area contributed by atoms with Gasteiger partial charge >= 0.3 is 6.18 Å². The summed E-state index contributed by atoms with van der Waals surface area (Å²) in [7, 11) is -1.26. The van der Waals surface area contributed by atoms with Crippen LogP contribution in [0.5, 0.6) is 0 Å². The standard InChI is InChI=1S/C16H14F3NO2S/c17-16(18,19)10-15(21)20-13-6-4-5-12(9-13)11-23(22)14-7-2-1-3-8-14/h1-9H,10-11H2,(H,20,21). The fraction of sp³-hybridized carbons (Fsp3) is 0.188. The minimum absolute atomic E-state index is 0.215. The highest BCUT2D eigenvalue weighted by Gasteiger charge is 2.31. The van der Waals surface area contributed by atoms with Gasteiger partial charge in [-0.3, -0.25) is 9.00 Å². The fourth-order valence-corrected chi connectivity index (χ4v) is 3.04. The van der Waals surface area contributed by atoms with Crippen LogP contribution in [0.4, 0.5) is 18.9 Å². The molecule has 0 aliphatic carbocycles. The summed E-state index contributed by atoms with van der Waals surface area (Å²) in [4.78, 5) is 12.0. The molecule has 0 aliphatic rings. The van der Waals surface area contributed by atoms with Gasteiger partial charge in [-0.1, -0.05) is 30.3 Å². The molecular weight excluding hydrogens is 327 g/mol. The fourth-order valence-electron chi connectivity index (χ4n) is 1.93. The van der Waals surface area contributed by atoms with E-state index in [0.29, 0.717) is 10.5 Å². The Hall–Kier alpha value is -2.15. The van der Waals surface area contributed by atoms with Gasteiger partial charge in [0, 0.05) is 10.6 Å². The maximum Gasteiger partial charge on any atom is 0.397 e. The van der Waals surface area contributed by atoms with Gasteiger partial charge in [-0.15, -0.1) is 0 Å². The van der Waals surface area contributed by atoms with E-state index in [1.165, 1.54) is 12.1 Å². The molecule has 1 amide bonds. The van der Waals surface area contributed by atoms with Crippen molar-refractivity contribution in [3.8, 4) is 0 Å². The molecule has 0 fully saturated rings. The number of benzene rings is 2. The Kier molecular flexibility index (Phi) is 5.54. The molecule has 0 spiro atoms. The van der Waals surface area contributed by atoms with Crippen LogP contribution < -0.4 is 5.32 Å². The van der Waals surface area contributed by atoms with E-state index in [-0.39, 0.29) is 11.4 Å². The van der Waals surface area contributed by atoms with Crippen LogP contribution in [0, 0.1) is 0 Å². The Morgan fingerprint density at radius 1 is 1.04 bits per heavy atom. The Bertz CT molecular complexity index is 702. The Balaban J connectivity index is 2.02. The number of anilines is 1. The summed E-state index contributed by atoms with van der Waals surface area (Å²) in [6, 6.07) is 15.2. The van der Waals surface area contributed by atoms with E-state index >= 15 is 0 Å². The zero-order chi connectivity index (χ0) is 16.9. The lowest BCUT2D eigenvalue weighted by Crippen LogP contribution is -2.21. The van der Waals surface area contributed by atoms with Gasteiger partial charge in [-0.2, -0.15) is 13.2 Å². The van der Waals surface area contributed by atoms with Crippen LogP contribution in [0.2, 0.25) is 0 Å². The van der Waals surface area contributed by atoms with Gasteiger partial charge in [0.05, 0.1) is 16.6 Å². The molecule has 3 nitrogen and oxygen atoms in total. The molecule has 7 heteroatoms. The number of rotatable bonds is 5. The van der Waals surface area contributed by atoms with Crippen LogP contribution in [-0.4, -0.2) is 16.3 Å². The topological polar surface area (TPSA) is 46.2 Å². The second kappa shape index (κ2) is 7.41. The van der Waals surface area contributed by atoms with Crippen molar-refractivity contribution in [1.82, 2.24) is 0 Å². The predicted molar refractivity (Wildman–Crippen MR) is 82.3 cm³/mol. The Morgan fingerprint density at radius 3 is 2.39 bits per heavy atom. The third kappa shape index (κ3) is 5.86. The summed E-state index contributed by atoms with van der Waals surface area (Å²) < 4.78 is 48.7. The number of carbonyl (C=O) groups is 1. The maximum atomic E-state index is 12.2. The van der Waals surface area contributed by atoms with Gasteiger partial charge in [-0.25, -0.2) is 0 Å². The normalized spacial score (nSPS) is 12.7. The molecule has 2 aromatic rings. The number of hydrogen-bond donors (Lipinski definition) is 1. The van der Waals surface area contributed by atoms with Crippen molar-refractivity contribution in [3.63, 3.8) is 0 Å². The summed E-state index contributed by atoms with van der Waals surface area (Å²) in [6.07, 6.45) is -6.08. The average molecular weight is 341 g/mol. The smallest absolute Gasteiger partial charge is 0.326 e. The lowest BCUT2D eigenvalue weighted by atomic mass is 10.2. The quantitative estimate of drug-likeness (QED) is 0.897. The molecule has 0 saturated heterocycles. The van der Waals surface area contributed by atoms with Crippen LogP contribution in [-0.2, 0) is 21.3 Å². The lowest BCUT2D eigenvalue weighted by Gasteiger charge is -2.09. The zero-order valence-corrected chi connectivity index (χ0v) is 12.8. The number of alkyl halides is 3. The third-order valence-corrected chi connectivity index (χ3v) is 4.27. The lowest BCUT2D eigenvalue weighted by molar-refractivity contribution is -0.150. The van der Waals surface area contributed by atoms with Crippen LogP contribution in [0.3, 0.4) is 0 Å². The number of halogens is 3. The first-order valence-electron chi connectivity index (χ1n) is 6.72. The summed E-state index contributed by atoms with van der Waals surface area (Å²) in [5.41, 5.74) is 0.916. The van der Waals surface area contributed by atoms with Crippen molar-refractivity contribution >= 4 is 22.4 Å². The van der Waals surface area contributed by atoms with Gasteiger partial charge in [0.1, 0.15) is 6.42 Å². The van der Waals surface area contributed by atoms with Gasteiger partial charge < -0.3 is 5.32 Å². The van der Waals surface area contributed by atoms with Crippen molar-refractivity contribution in [3.05, 3.63) is 60.2 Å². The molecule has 0 heterocycles. The molecular formula is C16H14F3NO2S. The Labute approximate surface area is 134 Å². The van der Waals surface area contributed by atoms with E-state index in [4.69, 9.17) is 0 Å². The largest absolute Gasteiger partial charge is 0.397 e. The van der Waals surface area contributed by atoms with Crippen LogP contribution in [0.15, 0.2) is 59.5 Å². The van der Waals surface area contributed by atoms with Crippen molar-refractivity contribution in [2.45, 2.75) is 23.2 Å². The summed E-state index contributed by atoms with van der Waals surface area (Å²) in [5, 5.41) is 2.19. The number of amides is 1. The van der Waals surface area contributed by atoms with E-state index in [0.717, 1.165) is 0 Å². The van der Waals surface area contributed by atoms with Gasteiger partial charge in [0.2, 0.25) is 5.91 Å². The molecule has 0 bridgehead atoms. The van der Waals surface area contributed by atoms with E-state index in [1.54, 1.807) is 36.4 Å². The molecule has 1 unspecified atom stereocenters. The first-order valence-corrected chi connectivity index (χ1v) is 8.04. The highest BCUT2D eigenvalue weighted by atomic mass is 32.2. The van der Waals surface area contributed by atoms with Crippen LogP contribution in [0.1, 0.15) is 12.0 Å². The number of nitrogens with one attached hydrogen (secondary N) is 1. The second-order valence-electron chi connectivity index (χ2n) is 4.84. The first kappa shape index (κ1) is 17.2. The highest BCUT2D eigenvalue weighted by molar-refractivity contribution is 7.84. The van der Waals surface area contributed by atoms with E-state index in [1.807, 2.05) is 6.07 Å². The number of carbonyl (C=O) groups excluding carboxylic acids is 1. The van der Waals surface area contributed by atoms with Gasteiger partial charge in [0.15, 0.2) is 0 Å².